The van der Waals surface area contributed by atoms with E-state index in [0.717, 1.165) is 0 Å². The molecule has 0 aromatic carbocycles. The predicted octanol–water partition coefficient (Wildman–Crippen LogP) is 2.13. The quantitative estimate of drug-likeness (QED) is 0.785. The molecule has 82 valence electrons. The van der Waals surface area contributed by atoms with E-state index < -0.39 is 5.97 Å². The number of carboxylic acid groups (broad SMARTS) is 1. The van der Waals surface area contributed by atoms with Crippen LogP contribution in [-0.4, -0.2) is 26.3 Å². The fraction of sp³-hybridized carbons (Fsp3) is 0.100. The monoisotopic (exact) mass is 237 g/mol. The summed E-state index contributed by atoms with van der Waals surface area (Å²) in [6, 6.07) is 3.33. The Hall–Kier alpha value is -1.88. The Balaban J connectivity index is 2.58. The summed E-state index contributed by atoms with van der Waals surface area (Å²) in [5, 5.41) is 15.6. The van der Waals surface area contributed by atoms with Crippen molar-refractivity contribution in [3.63, 3.8) is 0 Å². The number of rotatable bonds is 2. The van der Waals surface area contributed by atoms with Gasteiger partial charge in [-0.3, -0.25) is 5.10 Å². The number of hydrogen-bond acceptors (Lipinski definition) is 3. The largest absolute Gasteiger partial charge is 0.478 e. The number of carbonyl (C=O) groups is 1. The van der Waals surface area contributed by atoms with Crippen molar-refractivity contribution in [2.45, 2.75) is 6.92 Å². The molecule has 0 saturated carbocycles. The van der Waals surface area contributed by atoms with Gasteiger partial charge in [0.15, 0.2) is 0 Å². The molecule has 0 spiro atoms. The van der Waals surface area contributed by atoms with Gasteiger partial charge in [0.2, 0.25) is 0 Å². The maximum atomic E-state index is 10.9. The zero-order valence-electron chi connectivity index (χ0n) is 8.36. The molecule has 2 aromatic heterocycles. The molecule has 0 amide bonds. The van der Waals surface area contributed by atoms with Crippen molar-refractivity contribution in [2.24, 2.45) is 0 Å². The molecule has 6 heteroatoms. The molecule has 0 aliphatic heterocycles. The number of aromatic amines is 1. The smallest absolute Gasteiger partial charge is 0.339 e. The van der Waals surface area contributed by atoms with Gasteiger partial charge in [-0.15, -0.1) is 0 Å². The number of carboxylic acids is 1. The van der Waals surface area contributed by atoms with Crippen LogP contribution in [0.15, 0.2) is 18.3 Å². The third kappa shape index (κ3) is 1.90. The van der Waals surface area contributed by atoms with Gasteiger partial charge in [-0.25, -0.2) is 9.78 Å². The summed E-state index contributed by atoms with van der Waals surface area (Å²) in [7, 11) is 0. The highest BCUT2D eigenvalue weighted by Gasteiger charge is 2.14. The number of H-pyrrole nitrogens is 1. The van der Waals surface area contributed by atoms with Crippen LogP contribution in [-0.2, 0) is 0 Å². The highest BCUT2D eigenvalue weighted by atomic mass is 35.5. The van der Waals surface area contributed by atoms with E-state index in [-0.39, 0.29) is 5.56 Å². The van der Waals surface area contributed by atoms with Crippen LogP contribution in [0.1, 0.15) is 16.1 Å². The van der Waals surface area contributed by atoms with Gasteiger partial charge in [-0.2, -0.15) is 5.10 Å². The maximum absolute atomic E-state index is 10.9. The molecule has 0 fully saturated rings. The van der Waals surface area contributed by atoms with E-state index in [2.05, 4.69) is 15.2 Å². The molecular formula is C10H8ClN3O2. The molecule has 0 radical (unpaired) electrons. The van der Waals surface area contributed by atoms with Gasteiger partial charge in [0.05, 0.1) is 11.9 Å². The second-order valence-corrected chi connectivity index (χ2v) is 3.67. The van der Waals surface area contributed by atoms with Crippen molar-refractivity contribution in [2.75, 3.05) is 0 Å². The van der Waals surface area contributed by atoms with E-state index in [4.69, 9.17) is 16.7 Å². The first-order chi connectivity index (χ1) is 7.58. The lowest BCUT2D eigenvalue weighted by Gasteiger charge is -2.02. The van der Waals surface area contributed by atoms with Crippen LogP contribution in [0.4, 0.5) is 0 Å². The summed E-state index contributed by atoms with van der Waals surface area (Å²) in [4.78, 5) is 14.9. The van der Waals surface area contributed by atoms with Gasteiger partial charge < -0.3 is 5.11 Å². The number of aromatic carboxylic acids is 1. The topological polar surface area (TPSA) is 78.9 Å². The molecule has 2 rings (SSSR count). The molecule has 2 heterocycles. The summed E-state index contributed by atoms with van der Waals surface area (Å²) in [5.74, 6) is -1.03. The molecular weight excluding hydrogens is 230 g/mol. The van der Waals surface area contributed by atoms with Crippen LogP contribution in [0.5, 0.6) is 0 Å². The van der Waals surface area contributed by atoms with Crippen LogP contribution < -0.4 is 0 Å². The molecule has 0 atom stereocenters. The number of halogens is 1. The summed E-state index contributed by atoms with van der Waals surface area (Å²) in [6.07, 6.45) is 1.27. The lowest BCUT2D eigenvalue weighted by atomic mass is 10.1. The number of nitrogens with zero attached hydrogens (tertiary/aromatic N) is 2. The van der Waals surface area contributed by atoms with E-state index in [1.54, 1.807) is 19.1 Å². The zero-order valence-corrected chi connectivity index (χ0v) is 9.12. The highest BCUT2D eigenvalue weighted by molar-refractivity contribution is 6.29. The zero-order chi connectivity index (χ0) is 11.7. The van der Waals surface area contributed by atoms with Crippen LogP contribution in [0.3, 0.4) is 0 Å². The molecule has 2 N–H and O–H groups in total. The fourth-order valence-electron chi connectivity index (χ4n) is 1.44. The van der Waals surface area contributed by atoms with Crippen molar-refractivity contribution in [3.8, 4) is 11.3 Å². The third-order valence-electron chi connectivity index (χ3n) is 2.08. The predicted molar refractivity (Wildman–Crippen MR) is 58.5 cm³/mol. The van der Waals surface area contributed by atoms with Crippen LogP contribution in [0, 0.1) is 6.92 Å². The fourth-order valence-corrected chi connectivity index (χ4v) is 1.69. The van der Waals surface area contributed by atoms with Crippen molar-refractivity contribution in [3.05, 3.63) is 34.7 Å². The summed E-state index contributed by atoms with van der Waals surface area (Å²) >= 11 is 5.81. The first-order valence-corrected chi connectivity index (χ1v) is 4.87. The van der Waals surface area contributed by atoms with E-state index in [1.807, 2.05) is 0 Å². The van der Waals surface area contributed by atoms with E-state index in [9.17, 15) is 4.79 Å². The van der Waals surface area contributed by atoms with Gasteiger partial charge in [-0.1, -0.05) is 11.6 Å². The number of pyridine rings is 1. The Labute approximate surface area is 96.1 Å². The van der Waals surface area contributed by atoms with E-state index >= 15 is 0 Å². The second-order valence-electron chi connectivity index (χ2n) is 3.28. The minimum absolute atomic E-state index is 0.113. The number of hydrogen-bond donors (Lipinski definition) is 2. The SMILES string of the molecule is Cc1cc(-c2[nH]ncc2C(=O)O)cc(Cl)n1. The molecule has 0 aliphatic carbocycles. The van der Waals surface area contributed by atoms with Crippen LogP contribution >= 0.6 is 11.6 Å². The number of nitrogens with one attached hydrogen (secondary N) is 1. The molecule has 0 unspecified atom stereocenters. The Morgan fingerprint density at radius 3 is 2.88 bits per heavy atom. The third-order valence-corrected chi connectivity index (χ3v) is 2.27. The molecule has 0 bridgehead atoms. The van der Waals surface area contributed by atoms with Crippen molar-refractivity contribution < 1.29 is 9.90 Å². The Bertz CT molecular complexity index is 530. The lowest BCUT2D eigenvalue weighted by Crippen LogP contribution is -1.97. The average molecular weight is 238 g/mol. The molecule has 16 heavy (non-hydrogen) atoms. The van der Waals surface area contributed by atoms with E-state index in [1.165, 1.54) is 6.20 Å². The van der Waals surface area contributed by atoms with Crippen molar-refractivity contribution >= 4 is 17.6 Å². The number of aromatic nitrogens is 3. The molecule has 0 aliphatic rings. The average Bonchev–Trinajstić information content (AvgIpc) is 2.63. The summed E-state index contributed by atoms with van der Waals surface area (Å²) < 4.78 is 0. The van der Waals surface area contributed by atoms with Crippen LogP contribution in [0.25, 0.3) is 11.3 Å². The first-order valence-electron chi connectivity index (χ1n) is 4.49. The first kappa shape index (κ1) is 10.6. The number of aryl methyl sites for hydroxylation is 1. The van der Waals surface area contributed by atoms with Crippen molar-refractivity contribution in [1.29, 1.82) is 0 Å². The van der Waals surface area contributed by atoms with Gasteiger partial charge >= 0.3 is 5.97 Å². The van der Waals surface area contributed by atoms with Gasteiger partial charge in [0, 0.05) is 11.3 Å². The lowest BCUT2D eigenvalue weighted by molar-refractivity contribution is 0.0698. The molecule has 5 nitrogen and oxygen atoms in total. The maximum Gasteiger partial charge on any atom is 0.339 e. The van der Waals surface area contributed by atoms with E-state index in [0.29, 0.717) is 22.1 Å². The highest BCUT2D eigenvalue weighted by Crippen LogP contribution is 2.23. The summed E-state index contributed by atoms with van der Waals surface area (Å²) in [5.41, 5.74) is 1.92. The minimum Gasteiger partial charge on any atom is -0.478 e. The second kappa shape index (κ2) is 3.94. The Morgan fingerprint density at radius 2 is 2.25 bits per heavy atom. The minimum atomic E-state index is -1.03. The van der Waals surface area contributed by atoms with Gasteiger partial charge in [0.1, 0.15) is 10.7 Å². The van der Waals surface area contributed by atoms with Gasteiger partial charge in [-0.05, 0) is 19.1 Å². The normalized spacial score (nSPS) is 10.4. The van der Waals surface area contributed by atoms with Crippen LogP contribution in [0.2, 0.25) is 5.15 Å². The summed E-state index contributed by atoms with van der Waals surface area (Å²) in [6.45, 7) is 1.78. The molecule has 2 aromatic rings. The van der Waals surface area contributed by atoms with Crippen molar-refractivity contribution in [1.82, 2.24) is 15.2 Å². The molecule has 0 saturated heterocycles. The Morgan fingerprint density at radius 1 is 1.50 bits per heavy atom. The standard InChI is InChI=1S/C10H8ClN3O2/c1-5-2-6(3-8(11)13-5)9-7(10(15)16)4-12-14-9/h2-4H,1H3,(H,12,14)(H,15,16). The van der Waals surface area contributed by atoms with Gasteiger partial charge in [0.25, 0.3) is 0 Å². The Kier molecular flexibility index (Phi) is 2.62.